The standard InChI is InChI=1S/C25H26O9S/c1-5-31-22(26)16-10-14-9-15-11-17(23(27)32-6-2)19(25(29)34-8-4)13-21(15)35(30)20(14)12-18(16)24(28)33-7-3/h10-13H,5-9H2,1-4H3. The number of rotatable bonds is 8. The molecule has 0 aromatic heterocycles. The van der Waals surface area contributed by atoms with E-state index in [1.807, 2.05) is 0 Å². The first-order chi connectivity index (χ1) is 16.8. The molecule has 0 saturated carbocycles. The Kier molecular flexibility index (Phi) is 8.52. The number of fused-ring (bicyclic) bond motifs is 2. The number of ether oxygens (including phenoxy) is 4. The molecule has 0 unspecified atom stereocenters. The van der Waals surface area contributed by atoms with Crippen LogP contribution in [-0.4, -0.2) is 54.9 Å². The number of esters is 4. The van der Waals surface area contributed by atoms with Gasteiger partial charge in [-0.1, -0.05) is 0 Å². The van der Waals surface area contributed by atoms with Gasteiger partial charge in [0, 0.05) is 40.9 Å². The molecule has 0 spiro atoms. The lowest BCUT2D eigenvalue weighted by molar-refractivity contribution is 0.0478. The van der Waals surface area contributed by atoms with Crippen LogP contribution in [-0.2, 0) is 36.5 Å². The van der Waals surface area contributed by atoms with E-state index < -0.39 is 35.1 Å². The lowest BCUT2D eigenvalue weighted by Gasteiger charge is -2.24. The number of benzene rings is 2. The van der Waals surface area contributed by atoms with Gasteiger partial charge in [-0.2, -0.15) is 0 Å². The van der Waals surface area contributed by atoms with Gasteiger partial charge in [0.05, 0.1) is 48.7 Å². The molecular formula is C25H26O9S. The third-order valence-electron chi connectivity index (χ3n) is 5.16. The van der Waals surface area contributed by atoms with Crippen molar-refractivity contribution in [2.75, 3.05) is 26.4 Å². The second-order valence-electron chi connectivity index (χ2n) is 7.34. The van der Waals surface area contributed by atoms with Crippen LogP contribution < -0.4 is 0 Å². The van der Waals surface area contributed by atoms with Gasteiger partial charge in [0.2, 0.25) is 0 Å². The topological polar surface area (TPSA) is 128 Å². The lowest BCUT2D eigenvalue weighted by atomic mass is 9.95. The summed E-state index contributed by atoms with van der Waals surface area (Å²) in [7, 11) is 0. The predicted molar refractivity (Wildman–Crippen MR) is 124 cm³/mol. The molecule has 0 aliphatic carbocycles. The molecule has 1 heterocycles. The highest BCUT2D eigenvalue weighted by atomic mass is 32.2. The fourth-order valence-electron chi connectivity index (χ4n) is 3.71. The van der Waals surface area contributed by atoms with Crippen LogP contribution in [0.2, 0.25) is 0 Å². The Hall–Kier alpha value is -3.37. The molecular weight excluding hydrogens is 476 g/mol. The smallest absolute Gasteiger partial charge is 0.339 e. The average Bonchev–Trinajstić information content (AvgIpc) is 2.83. The molecule has 0 radical (unpaired) electrons. The van der Waals surface area contributed by atoms with Crippen LogP contribution in [0.25, 0.3) is 0 Å². The maximum Gasteiger partial charge on any atom is 0.339 e. The minimum atomic E-state index is -1.82. The fourth-order valence-corrected chi connectivity index (χ4v) is 5.13. The molecule has 10 heteroatoms. The number of carbonyl (C=O) groups is 4. The summed E-state index contributed by atoms with van der Waals surface area (Å²) in [6, 6.07) is 5.65. The van der Waals surface area contributed by atoms with Crippen molar-refractivity contribution < 1.29 is 42.7 Å². The summed E-state index contributed by atoms with van der Waals surface area (Å²) in [5.41, 5.74) is 0.914. The molecule has 2 aromatic carbocycles. The van der Waals surface area contributed by atoms with Gasteiger partial charge in [0.15, 0.2) is 9.79 Å². The Bertz CT molecular complexity index is 1080. The van der Waals surface area contributed by atoms with Gasteiger partial charge in [-0.25, -0.2) is 19.2 Å². The number of hydrogen-bond donors (Lipinski definition) is 0. The SMILES string of the molecule is CCOC(=O)c1cc2c(cc1C(=O)OCC)[S+]([O-])c1cc(C(=O)OCC)c(C(=O)OCC)cc1C2. The first-order valence-electron chi connectivity index (χ1n) is 11.2. The summed E-state index contributed by atoms with van der Waals surface area (Å²) in [4.78, 5) is 50.9. The van der Waals surface area contributed by atoms with Crippen LogP contribution in [0.4, 0.5) is 0 Å². The second kappa shape index (κ2) is 11.4. The van der Waals surface area contributed by atoms with Gasteiger partial charge in [0.25, 0.3) is 0 Å². The minimum Gasteiger partial charge on any atom is -0.606 e. The van der Waals surface area contributed by atoms with E-state index in [1.54, 1.807) is 27.7 Å². The molecule has 9 nitrogen and oxygen atoms in total. The van der Waals surface area contributed by atoms with Crippen molar-refractivity contribution >= 4 is 35.1 Å². The monoisotopic (exact) mass is 502 g/mol. The Morgan fingerprint density at radius 1 is 0.629 bits per heavy atom. The maximum absolute atomic E-state index is 13.6. The van der Waals surface area contributed by atoms with Crippen molar-refractivity contribution in [3.05, 3.63) is 57.6 Å². The van der Waals surface area contributed by atoms with Gasteiger partial charge < -0.3 is 23.5 Å². The van der Waals surface area contributed by atoms with E-state index in [2.05, 4.69) is 0 Å². The van der Waals surface area contributed by atoms with Crippen LogP contribution in [0.1, 0.15) is 80.3 Å². The van der Waals surface area contributed by atoms with Crippen molar-refractivity contribution in [3.8, 4) is 0 Å². The Morgan fingerprint density at radius 2 is 0.914 bits per heavy atom. The van der Waals surface area contributed by atoms with E-state index in [0.717, 1.165) is 0 Å². The first kappa shape index (κ1) is 26.2. The van der Waals surface area contributed by atoms with E-state index in [0.29, 0.717) is 20.9 Å². The van der Waals surface area contributed by atoms with Gasteiger partial charge in [0.1, 0.15) is 0 Å². The largest absolute Gasteiger partial charge is 0.606 e. The second-order valence-corrected chi connectivity index (χ2v) is 8.76. The van der Waals surface area contributed by atoms with Crippen molar-refractivity contribution in [2.24, 2.45) is 0 Å². The summed E-state index contributed by atoms with van der Waals surface area (Å²) in [6.45, 7) is 6.93. The van der Waals surface area contributed by atoms with E-state index in [9.17, 15) is 23.7 Å². The Balaban J connectivity index is 2.17. The third-order valence-corrected chi connectivity index (χ3v) is 6.72. The zero-order chi connectivity index (χ0) is 25.7. The zero-order valence-electron chi connectivity index (χ0n) is 19.9. The van der Waals surface area contributed by atoms with Crippen molar-refractivity contribution in [3.63, 3.8) is 0 Å². The molecule has 3 rings (SSSR count). The van der Waals surface area contributed by atoms with Gasteiger partial charge in [-0.05, 0) is 39.8 Å². The highest BCUT2D eigenvalue weighted by molar-refractivity contribution is 7.91. The molecule has 1 aliphatic rings. The molecule has 0 saturated heterocycles. The van der Waals surface area contributed by atoms with Gasteiger partial charge in [-0.15, -0.1) is 0 Å². The van der Waals surface area contributed by atoms with Crippen LogP contribution >= 0.6 is 0 Å². The average molecular weight is 503 g/mol. The molecule has 0 N–H and O–H groups in total. The Morgan fingerprint density at radius 3 is 1.20 bits per heavy atom. The summed E-state index contributed by atoms with van der Waals surface area (Å²) < 4.78 is 33.9. The minimum absolute atomic E-state index is 0.00161. The van der Waals surface area contributed by atoms with Crippen molar-refractivity contribution in [1.82, 2.24) is 0 Å². The van der Waals surface area contributed by atoms with Crippen LogP contribution in [0.15, 0.2) is 34.1 Å². The lowest BCUT2D eigenvalue weighted by Crippen LogP contribution is -2.22. The van der Waals surface area contributed by atoms with E-state index in [4.69, 9.17) is 18.9 Å². The van der Waals surface area contributed by atoms with Crippen LogP contribution in [0.5, 0.6) is 0 Å². The van der Waals surface area contributed by atoms with E-state index in [1.165, 1.54) is 24.3 Å². The summed E-state index contributed by atoms with van der Waals surface area (Å²) >= 11 is -1.82. The molecule has 0 bridgehead atoms. The molecule has 1 aliphatic heterocycles. The summed E-state index contributed by atoms with van der Waals surface area (Å²) in [6.07, 6.45) is 0.196. The molecule has 0 amide bonds. The highest BCUT2D eigenvalue weighted by Crippen LogP contribution is 2.38. The molecule has 0 fully saturated rings. The predicted octanol–water partition coefficient (Wildman–Crippen LogP) is 3.46. The van der Waals surface area contributed by atoms with Gasteiger partial charge in [-0.3, -0.25) is 0 Å². The van der Waals surface area contributed by atoms with Crippen LogP contribution in [0.3, 0.4) is 0 Å². The summed E-state index contributed by atoms with van der Waals surface area (Å²) in [5, 5.41) is 0. The number of hydrogen-bond acceptors (Lipinski definition) is 9. The summed E-state index contributed by atoms with van der Waals surface area (Å²) in [5.74, 6) is -2.91. The first-order valence-corrected chi connectivity index (χ1v) is 12.4. The molecule has 186 valence electrons. The fraction of sp³-hybridized carbons (Fsp3) is 0.360. The third kappa shape index (κ3) is 5.33. The van der Waals surface area contributed by atoms with Crippen molar-refractivity contribution in [2.45, 2.75) is 43.9 Å². The quantitative estimate of drug-likeness (QED) is 0.303. The molecule has 35 heavy (non-hydrogen) atoms. The zero-order valence-corrected chi connectivity index (χ0v) is 20.7. The van der Waals surface area contributed by atoms with E-state index in [-0.39, 0.29) is 55.1 Å². The number of carbonyl (C=O) groups excluding carboxylic acids is 4. The van der Waals surface area contributed by atoms with Crippen LogP contribution in [0, 0.1) is 0 Å². The van der Waals surface area contributed by atoms with E-state index >= 15 is 0 Å². The maximum atomic E-state index is 13.6. The molecule has 2 aromatic rings. The van der Waals surface area contributed by atoms with Gasteiger partial charge >= 0.3 is 23.9 Å². The Labute approximate surface area is 205 Å². The van der Waals surface area contributed by atoms with Crippen molar-refractivity contribution in [1.29, 1.82) is 0 Å². The molecule has 0 atom stereocenters. The normalized spacial score (nSPS) is 12.3. The highest BCUT2D eigenvalue weighted by Gasteiger charge is 2.35.